The van der Waals surface area contributed by atoms with Crippen LogP contribution in [0.5, 0.6) is 23.0 Å². The van der Waals surface area contributed by atoms with Gasteiger partial charge in [-0.05, 0) is 47.5 Å². The molecule has 164 valence electrons. The molecule has 2 N–H and O–H groups in total. The Morgan fingerprint density at radius 1 is 0.774 bits per heavy atom. The van der Waals surface area contributed by atoms with Gasteiger partial charge < -0.3 is 24.7 Å². The molecule has 7 nitrogen and oxygen atoms in total. The number of hydrogen-bond acceptors (Lipinski definition) is 7. The van der Waals surface area contributed by atoms with E-state index in [4.69, 9.17) is 24.7 Å². The van der Waals surface area contributed by atoms with Gasteiger partial charge in [0.2, 0.25) is 0 Å². The van der Waals surface area contributed by atoms with Crippen LogP contribution in [-0.2, 0) is 9.59 Å². The van der Waals surface area contributed by atoms with E-state index in [0.717, 1.165) is 11.1 Å². The van der Waals surface area contributed by atoms with Crippen LogP contribution >= 0.6 is 0 Å². The van der Waals surface area contributed by atoms with Gasteiger partial charge in [-0.1, -0.05) is 24.3 Å². The maximum atomic E-state index is 12.1. The van der Waals surface area contributed by atoms with Crippen LogP contribution in [-0.4, -0.2) is 46.0 Å². The van der Waals surface area contributed by atoms with Crippen molar-refractivity contribution in [2.24, 2.45) is 5.73 Å². The molecule has 0 heterocycles. The molecule has 0 aromatic heterocycles. The van der Waals surface area contributed by atoms with Crippen molar-refractivity contribution in [2.75, 3.05) is 34.5 Å². The maximum absolute atomic E-state index is 12.1. The van der Waals surface area contributed by atoms with Crippen molar-refractivity contribution in [2.45, 2.75) is 6.42 Å². The minimum absolute atomic E-state index is 0.227. The highest BCUT2D eigenvalue weighted by atomic mass is 16.5. The number of carbonyl (C=O) groups excluding carboxylic acids is 2. The molecular weight excluding hydrogens is 398 g/mol. The van der Waals surface area contributed by atoms with E-state index in [1.54, 1.807) is 55.7 Å². The third-order valence-corrected chi connectivity index (χ3v) is 4.24. The topological polar surface area (TPSA) is 97.1 Å². The van der Waals surface area contributed by atoms with Gasteiger partial charge in [-0.2, -0.15) is 0 Å². The number of hydrogen-bond donors (Lipinski definition) is 1. The number of rotatable bonds is 12. The summed E-state index contributed by atoms with van der Waals surface area (Å²) in [6, 6.07) is 10.6. The summed E-state index contributed by atoms with van der Waals surface area (Å²) in [5, 5.41) is 0. The van der Waals surface area contributed by atoms with E-state index < -0.39 is 0 Å². The van der Waals surface area contributed by atoms with Gasteiger partial charge in [0.15, 0.2) is 34.6 Å². The molecule has 0 saturated heterocycles. The molecule has 0 aliphatic carbocycles. The summed E-state index contributed by atoms with van der Waals surface area (Å²) in [5.41, 5.74) is 6.95. The van der Waals surface area contributed by atoms with E-state index in [1.807, 2.05) is 0 Å². The summed E-state index contributed by atoms with van der Waals surface area (Å²) < 4.78 is 21.2. The first-order chi connectivity index (χ1) is 15.0. The Morgan fingerprint density at radius 3 is 1.74 bits per heavy atom. The first-order valence-corrected chi connectivity index (χ1v) is 9.65. The Labute approximate surface area is 182 Å². The fourth-order valence-corrected chi connectivity index (χ4v) is 2.70. The summed E-state index contributed by atoms with van der Waals surface area (Å²) in [5.74, 6) is 1.67. The van der Waals surface area contributed by atoms with Crippen molar-refractivity contribution < 1.29 is 28.5 Å². The summed E-state index contributed by atoms with van der Waals surface area (Å²) >= 11 is 0. The minimum Gasteiger partial charge on any atom is -0.493 e. The number of benzene rings is 2. The van der Waals surface area contributed by atoms with E-state index >= 15 is 0 Å². The Hall–Kier alpha value is -3.58. The highest BCUT2D eigenvalue weighted by Crippen LogP contribution is 2.29. The van der Waals surface area contributed by atoms with Gasteiger partial charge in [-0.25, -0.2) is 0 Å². The largest absolute Gasteiger partial charge is 0.493 e. The number of methoxy groups -OCH3 is 3. The average molecular weight is 425 g/mol. The summed E-state index contributed by atoms with van der Waals surface area (Å²) in [6.45, 7) is 0.775. The zero-order valence-electron chi connectivity index (χ0n) is 17.9. The third-order valence-electron chi connectivity index (χ3n) is 4.24. The fraction of sp³-hybridized carbons (Fsp3) is 0.250. The molecule has 0 fully saturated rings. The van der Waals surface area contributed by atoms with E-state index in [0.29, 0.717) is 36.1 Å². The van der Waals surface area contributed by atoms with Crippen LogP contribution in [0.3, 0.4) is 0 Å². The van der Waals surface area contributed by atoms with Gasteiger partial charge in [0.1, 0.15) is 6.61 Å². The Kier molecular flexibility index (Phi) is 9.32. The van der Waals surface area contributed by atoms with Crippen molar-refractivity contribution in [3.05, 3.63) is 59.7 Å². The molecule has 2 aromatic carbocycles. The molecule has 7 heteroatoms. The first kappa shape index (κ1) is 23.7. The van der Waals surface area contributed by atoms with Crippen LogP contribution in [0.4, 0.5) is 0 Å². The summed E-state index contributed by atoms with van der Waals surface area (Å²) in [4.78, 5) is 24.3. The molecule has 0 spiro atoms. The van der Waals surface area contributed by atoms with Crippen LogP contribution in [0, 0.1) is 0 Å². The highest BCUT2D eigenvalue weighted by molar-refractivity contribution is 6.10. The molecule has 0 aliphatic rings. The zero-order valence-corrected chi connectivity index (χ0v) is 17.9. The monoisotopic (exact) mass is 425 g/mol. The van der Waals surface area contributed by atoms with E-state index in [9.17, 15) is 9.59 Å². The zero-order chi connectivity index (χ0) is 22.6. The standard InChI is InChI=1S/C24H27NO6/c1-28-21-10-6-17(14-23(21)29-2)4-8-19(26)16-20(27)9-5-18-7-11-22(31-13-12-25)24(15-18)30-3/h4-11,14-15H,12-13,16,25H2,1-3H3. The number of allylic oxidation sites excluding steroid dienone is 2. The van der Waals surface area contributed by atoms with Crippen molar-refractivity contribution >= 4 is 23.7 Å². The lowest BCUT2D eigenvalue weighted by molar-refractivity contribution is -0.121. The SMILES string of the molecule is COc1ccc(C=CC(=O)CC(=O)C=Cc2ccc(OCCN)c(OC)c2)cc1OC. The number of nitrogens with two attached hydrogens (primary N) is 1. The Balaban J connectivity index is 1.96. The predicted molar refractivity (Wildman–Crippen MR) is 120 cm³/mol. The molecule has 0 bridgehead atoms. The van der Waals surface area contributed by atoms with Gasteiger partial charge >= 0.3 is 0 Å². The summed E-state index contributed by atoms with van der Waals surface area (Å²) in [7, 11) is 4.63. The molecule has 0 atom stereocenters. The van der Waals surface area contributed by atoms with Gasteiger partial charge in [0.05, 0.1) is 27.8 Å². The van der Waals surface area contributed by atoms with Gasteiger partial charge in [0, 0.05) is 6.54 Å². The van der Waals surface area contributed by atoms with Gasteiger partial charge in [-0.15, -0.1) is 0 Å². The molecule has 2 aromatic rings. The van der Waals surface area contributed by atoms with Crippen LogP contribution in [0.1, 0.15) is 17.5 Å². The maximum Gasteiger partial charge on any atom is 0.163 e. The average Bonchev–Trinajstić information content (AvgIpc) is 2.79. The molecule has 2 rings (SSSR count). The third kappa shape index (κ3) is 7.31. The molecule has 0 saturated carbocycles. The molecule has 0 radical (unpaired) electrons. The van der Waals surface area contributed by atoms with Crippen molar-refractivity contribution in [3.63, 3.8) is 0 Å². The van der Waals surface area contributed by atoms with Gasteiger partial charge in [-0.3, -0.25) is 9.59 Å². The fourth-order valence-electron chi connectivity index (χ4n) is 2.70. The lowest BCUT2D eigenvalue weighted by Gasteiger charge is -2.10. The van der Waals surface area contributed by atoms with Crippen LogP contribution in [0.15, 0.2) is 48.6 Å². The van der Waals surface area contributed by atoms with E-state index in [1.165, 1.54) is 26.4 Å². The molecule has 0 amide bonds. The quantitative estimate of drug-likeness (QED) is 0.412. The highest BCUT2D eigenvalue weighted by Gasteiger charge is 2.07. The number of carbonyl (C=O) groups is 2. The summed E-state index contributed by atoms with van der Waals surface area (Å²) in [6.07, 6.45) is 5.78. The van der Waals surface area contributed by atoms with Crippen LogP contribution < -0.4 is 24.7 Å². The van der Waals surface area contributed by atoms with Crippen molar-refractivity contribution in [3.8, 4) is 23.0 Å². The smallest absolute Gasteiger partial charge is 0.163 e. The molecule has 0 unspecified atom stereocenters. The minimum atomic E-state index is -0.301. The lowest BCUT2D eigenvalue weighted by Crippen LogP contribution is -2.11. The van der Waals surface area contributed by atoms with E-state index in [-0.39, 0.29) is 18.0 Å². The molecule has 0 aliphatic heterocycles. The number of ketones is 2. The van der Waals surface area contributed by atoms with Crippen LogP contribution in [0.2, 0.25) is 0 Å². The van der Waals surface area contributed by atoms with Crippen LogP contribution in [0.25, 0.3) is 12.2 Å². The molecular formula is C24H27NO6. The molecule has 31 heavy (non-hydrogen) atoms. The Bertz CT molecular complexity index is 965. The second-order valence-electron chi connectivity index (χ2n) is 6.44. The number of ether oxygens (including phenoxy) is 4. The second kappa shape index (κ2) is 12.2. The first-order valence-electron chi connectivity index (χ1n) is 9.65. The lowest BCUT2D eigenvalue weighted by atomic mass is 10.1. The predicted octanol–water partition coefficient (Wildman–Crippen LogP) is 3.30. The van der Waals surface area contributed by atoms with Crippen molar-refractivity contribution in [1.29, 1.82) is 0 Å². The van der Waals surface area contributed by atoms with Gasteiger partial charge in [0.25, 0.3) is 0 Å². The normalized spacial score (nSPS) is 11.0. The van der Waals surface area contributed by atoms with Crippen molar-refractivity contribution in [1.82, 2.24) is 0 Å². The van der Waals surface area contributed by atoms with E-state index in [2.05, 4.69) is 0 Å². The Morgan fingerprint density at radius 2 is 1.26 bits per heavy atom. The second-order valence-corrected chi connectivity index (χ2v) is 6.44.